The summed E-state index contributed by atoms with van der Waals surface area (Å²) in [6.07, 6.45) is 1.25. The molecule has 0 spiro atoms. The number of nitrogens with zero attached hydrogens (tertiary/aromatic N) is 3. The molecule has 7 nitrogen and oxygen atoms in total. The Bertz CT molecular complexity index is 951. The first-order valence-electron chi connectivity index (χ1n) is 6.69. The van der Waals surface area contributed by atoms with Gasteiger partial charge in [-0.3, -0.25) is 10.1 Å². The molecule has 9 heteroatoms. The highest BCUT2D eigenvalue weighted by molar-refractivity contribution is 9.10. The largest absolute Gasteiger partial charge is 0.495 e. The van der Waals surface area contributed by atoms with Crippen LogP contribution in [0.2, 0.25) is 0 Å². The molecule has 0 saturated carbocycles. The van der Waals surface area contributed by atoms with Gasteiger partial charge in [0.2, 0.25) is 5.82 Å². The average Bonchev–Trinajstić information content (AvgIpc) is 2.54. The molecule has 0 radical (unpaired) electrons. The van der Waals surface area contributed by atoms with Crippen LogP contribution in [0.4, 0.5) is 21.6 Å². The van der Waals surface area contributed by atoms with Crippen LogP contribution in [0, 0.1) is 15.9 Å². The van der Waals surface area contributed by atoms with Gasteiger partial charge in [0.25, 0.3) is 0 Å². The quantitative estimate of drug-likeness (QED) is 0.528. The minimum atomic E-state index is -0.947. The van der Waals surface area contributed by atoms with Crippen LogP contribution in [-0.4, -0.2) is 22.0 Å². The van der Waals surface area contributed by atoms with Gasteiger partial charge in [0.15, 0.2) is 0 Å². The normalized spacial score (nSPS) is 10.6. The summed E-state index contributed by atoms with van der Waals surface area (Å²) in [5.74, 6) is -0.0849. The molecule has 0 atom stereocenters. The molecule has 3 aromatic rings. The molecule has 3 rings (SSSR count). The molecular weight excluding hydrogens is 383 g/mol. The van der Waals surface area contributed by atoms with E-state index in [9.17, 15) is 14.5 Å². The van der Waals surface area contributed by atoms with E-state index in [4.69, 9.17) is 4.74 Å². The van der Waals surface area contributed by atoms with Crippen molar-refractivity contribution in [2.75, 3.05) is 12.4 Å². The van der Waals surface area contributed by atoms with E-state index >= 15 is 0 Å². The second-order valence-electron chi connectivity index (χ2n) is 4.77. The molecule has 1 aromatic heterocycles. The first kappa shape index (κ1) is 16.1. The Hall–Kier alpha value is -2.81. The Morgan fingerprint density at radius 2 is 2.08 bits per heavy atom. The van der Waals surface area contributed by atoms with Crippen LogP contribution in [0.15, 0.2) is 41.1 Å². The van der Waals surface area contributed by atoms with Gasteiger partial charge in [0.1, 0.15) is 17.9 Å². The van der Waals surface area contributed by atoms with Gasteiger partial charge in [-0.2, -0.15) is 4.39 Å². The molecule has 2 aromatic carbocycles. The minimum absolute atomic E-state index is 0.254. The van der Waals surface area contributed by atoms with Crippen LogP contribution in [0.25, 0.3) is 10.9 Å². The molecule has 1 N–H and O–H groups in total. The molecule has 24 heavy (non-hydrogen) atoms. The molecule has 0 aliphatic heterocycles. The molecule has 0 bridgehead atoms. The Morgan fingerprint density at radius 3 is 2.79 bits per heavy atom. The van der Waals surface area contributed by atoms with Crippen molar-refractivity contribution in [2.45, 2.75) is 0 Å². The monoisotopic (exact) mass is 392 g/mol. The van der Waals surface area contributed by atoms with Crippen LogP contribution >= 0.6 is 15.9 Å². The van der Waals surface area contributed by atoms with Crippen molar-refractivity contribution in [3.8, 4) is 5.75 Å². The lowest BCUT2D eigenvalue weighted by Crippen LogP contribution is -2.00. The van der Waals surface area contributed by atoms with Crippen LogP contribution in [0.3, 0.4) is 0 Å². The van der Waals surface area contributed by atoms with Crippen molar-refractivity contribution >= 4 is 44.0 Å². The third-order valence-corrected chi connectivity index (χ3v) is 3.81. The smallest absolute Gasteiger partial charge is 0.305 e. The Kier molecular flexibility index (Phi) is 4.26. The van der Waals surface area contributed by atoms with Crippen molar-refractivity contribution in [3.05, 3.63) is 57.1 Å². The maximum absolute atomic E-state index is 13.8. The Morgan fingerprint density at radius 1 is 1.29 bits per heavy atom. The lowest BCUT2D eigenvalue weighted by Gasteiger charge is -2.12. The van der Waals surface area contributed by atoms with Gasteiger partial charge >= 0.3 is 5.69 Å². The van der Waals surface area contributed by atoms with E-state index in [0.717, 1.165) is 16.6 Å². The SMILES string of the molecule is COc1ccc(Br)cc1Nc1ncnc2cc(F)c([N+](=O)[O-])cc12. The van der Waals surface area contributed by atoms with Gasteiger partial charge in [-0.05, 0) is 18.2 Å². The number of anilines is 2. The highest BCUT2D eigenvalue weighted by Gasteiger charge is 2.18. The fourth-order valence-electron chi connectivity index (χ4n) is 2.21. The van der Waals surface area contributed by atoms with E-state index in [2.05, 4.69) is 31.2 Å². The van der Waals surface area contributed by atoms with Crippen molar-refractivity contribution in [2.24, 2.45) is 0 Å². The fraction of sp³-hybridized carbons (Fsp3) is 0.0667. The molecule has 1 heterocycles. The Labute approximate surface area is 143 Å². The summed E-state index contributed by atoms with van der Waals surface area (Å²) in [7, 11) is 1.52. The first-order valence-corrected chi connectivity index (χ1v) is 7.48. The second-order valence-corrected chi connectivity index (χ2v) is 5.69. The molecule has 0 saturated heterocycles. The number of nitro benzene ring substituents is 1. The average molecular weight is 393 g/mol. The van der Waals surface area contributed by atoms with Gasteiger partial charge in [-0.25, -0.2) is 9.97 Å². The predicted molar refractivity (Wildman–Crippen MR) is 90.1 cm³/mol. The zero-order valence-corrected chi connectivity index (χ0v) is 13.9. The number of fused-ring (bicyclic) bond motifs is 1. The fourth-order valence-corrected chi connectivity index (χ4v) is 2.57. The third kappa shape index (κ3) is 2.98. The van der Waals surface area contributed by atoms with Crippen molar-refractivity contribution in [1.29, 1.82) is 0 Å². The summed E-state index contributed by atoms with van der Waals surface area (Å²) in [5.41, 5.74) is 0.213. The number of methoxy groups -OCH3 is 1. The van der Waals surface area contributed by atoms with Gasteiger partial charge in [-0.1, -0.05) is 15.9 Å². The number of nitro groups is 1. The second kappa shape index (κ2) is 6.36. The summed E-state index contributed by atoms with van der Waals surface area (Å²) >= 11 is 3.36. The van der Waals surface area contributed by atoms with Crippen LogP contribution < -0.4 is 10.1 Å². The van der Waals surface area contributed by atoms with Crippen molar-refractivity contribution < 1.29 is 14.1 Å². The van der Waals surface area contributed by atoms with E-state index in [1.165, 1.54) is 13.4 Å². The lowest BCUT2D eigenvalue weighted by atomic mass is 10.2. The molecule has 122 valence electrons. The maximum atomic E-state index is 13.8. The van der Waals surface area contributed by atoms with Crippen molar-refractivity contribution in [1.82, 2.24) is 9.97 Å². The topological polar surface area (TPSA) is 90.2 Å². The first-order chi connectivity index (χ1) is 11.5. The Balaban J connectivity index is 2.15. The van der Waals surface area contributed by atoms with Gasteiger partial charge in [0, 0.05) is 16.6 Å². The number of benzene rings is 2. The number of hydrogen-bond donors (Lipinski definition) is 1. The number of nitrogens with one attached hydrogen (secondary N) is 1. The molecule has 0 amide bonds. The van der Waals surface area contributed by atoms with Gasteiger partial charge in [-0.15, -0.1) is 0 Å². The molecule has 0 fully saturated rings. The zero-order valence-electron chi connectivity index (χ0n) is 12.3. The molecule has 0 aliphatic rings. The summed E-state index contributed by atoms with van der Waals surface area (Å²) in [6.45, 7) is 0. The molecule has 0 aliphatic carbocycles. The summed E-state index contributed by atoms with van der Waals surface area (Å²) in [4.78, 5) is 18.2. The van der Waals surface area contributed by atoms with E-state index < -0.39 is 16.4 Å². The predicted octanol–water partition coefficient (Wildman–Crippen LogP) is 4.19. The van der Waals surface area contributed by atoms with Gasteiger partial charge in [0.05, 0.1) is 28.6 Å². The number of aromatic nitrogens is 2. The standard InChI is InChI=1S/C15H10BrFN4O3/c1-24-14-3-2-8(16)4-12(14)20-15-9-5-13(21(22)23)10(17)6-11(9)18-7-19-15/h2-7H,1H3,(H,18,19,20). The summed E-state index contributed by atoms with van der Waals surface area (Å²) in [6, 6.07) is 7.45. The minimum Gasteiger partial charge on any atom is -0.495 e. The zero-order chi connectivity index (χ0) is 17.3. The third-order valence-electron chi connectivity index (χ3n) is 3.32. The van der Waals surface area contributed by atoms with E-state index in [1.54, 1.807) is 12.1 Å². The van der Waals surface area contributed by atoms with Crippen molar-refractivity contribution in [3.63, 3.8) is 0 Å². The maximum Gasteiger partial charge on any atom is 0.305 e. The lowest BCUT2D eigenvalue weighted by molar-refractivity contribution is -0.387. The summed E-state index contributed by atoms with van der Waals surface area (Å²) in [5, 5.41) is 14.3. The highest BCUT2D eigenvalue weighted by Crippen LogP contribution is 2.33. The van der Waals surface area contributed by atoms with Crippen LogP contribution in [-0.2, 0) is 0 Å². The summed E-state index contributed by atoms with van der Waals surface area (Å²) < 4.78 is 19.8. The number of ether oxygens (including phenoxy) is 1. The van der Waals surface area contributed by atoms with E-state index in [-0.39, 0.29) is 5.52 Å². The van der Waals surface area contributed by atoms with Crippen LogP contribution in [0.1, 0.15) is 0 Å². The van der Waals surface area contributed by atoms with E-state index in [0.29, 0.717) is 22.6 Å². The number of halogens is 2. The molecular formula is C15H10BrFN4O3. The van der Waals surface area contributed by atoms with Crippen LogP contribution in [0.5, 0.6) is 5.75 Å². The van der Waals surface area contributed by atoms with Gasteiger partial charge < -0.3 is 10.1 Å². The molecule has 0 unspecified atom stereocenters. The van der Waals surface area contributed by atoms with E-state index in [1.807, 2.05) is 6.07 Å². The number of hydrogen-bond acceptors (Lipinski definition) is 6. The highest BCUT2D eigenvalue weighted by atomic mass is 79.9. The number of rotatable bonds is 4.